The first-order chi connectivity index (χ1) is 5.59. The van der Waals surface area contributed by atoms with Crippen LogP contribution >= 0.6 is 0 Å². The molecule has 4 heteroatoms. The van der Waals surface area contributed by atoms with Crippen molar-refractivity contribution in [2.45, 2.75) is 26.6 Å². The number of ether oxygens (including phenoxy) is 2. The zero-order valence-corrected chi connectivity index (χ0v) is 6.93. The van der Waals surface area contributed by atoms with E-state index in [2.05, 4.69) is 9.47 Å². The van der Waals surface area contributed by atoms with Gasteiger partial charge >= 0.3 is 6.29 Å². The smallest absolute Gasteiger partial charge is 0.396 e. The Bertz CT molecular complexity index is 231. The van der Waals surface area contributed by atoms with E-state index in [0.29, 0.717) is 6.42 Å². The van der Waals surface area contributed by atoms with Crippen molar-refractivity contribution in [2.75, 3.05) is 0 Å². The maximum absolute atomic E-state index is 12.4. The topological polar surface area (TPSA) is 18.5 Å². The third-order valence-electron chi connectivity index (χ3n) is 1.35. The summed E-state index contributed by atoms with van der Waals surface area (Å²) in [7, 11) is 0. The van der Waals surface area contributed by atoms with Gasteiger partial charge in [0.25, 0.3) is 0 Å². The van der Waals surface area contributed by atoms with Crippen LogP contribution in [0.25, 0.3) is 0 Å². The molecule has 0 bridgehead atoms. The van der Waals surface area contributed by atoms with Crippen LogP contribution < -0.4 is 0 Å². The number of halogens is 2. The zero-order chi connectivity index (χ0) is 9.19. The molecule has 0 aromatic heterocycles. The van der Waals surface area contributed by atoms with Crippen molar-refractivity contribution in [1.82, 2.24) is 0 Å². The summed E-state index contributed by atoms with van der Waals surface area (Å²) in [6, 6.07) is 0. The van der Waals surface area contributed by atoms with Gasteiger partial charge in [-0.05, 0) is 25.5 Å². The molecule has 0 aliphatic carbocycles. The first-order valence-electron chi connectivity index (χ1n) is 3.71. The standard InChI is InChI=1S/C8H10F2O2/c1-3-5-7-6(4-2)11-8(9,10)12-7/h4-5H,3H2,1-2H3/b6-4+,7-5+. The molecule has 12 heavy (non-hydrogen) atoms. The van der Waals surface area contributed by atoms with E-state index in [1.165, 1.54) is 6.08 Å². The zero-order valence-electron chi connectivity index (χ0n) is 6.93. The normalized spacial score (nSPS) is 27.3. The average Bonchev–Trinajstić information content (AvgIpc) is 2.26. The third kappa shape index (κ3) is 1.75. The fraction of sp³-hybridized carbons (Fsp3) is 0.500. The largest absolute Gasteiger partial charge is 0.586 e. The first-order valence-corrected chi connectivity index (χ1v) is 3.71. The lowest BCUT2D eigenvalue weighted by molar-refractivity contribution is -0.326. The molecule has 0 N–H and O–H groups in total. The van der Waals surface area contributed by atoms with E-state index in [9.17, 15) is 8.78 Å². The molecule has 68 valence electrons. The van der Waals surface area contributed by atoms with Crippen LogP contribution in [-0.2, 0) is 9.47 Å². The van der Waals surface area contributed by atoms with E-state index < -0.39 is 6.29 Å². The Morgan fingerprint density at radius 3 is 2.42 bits per heavy atom. The summed E-state index contributed by atoms with van der Waals surface area (Å²) in [4.78, 5) is 0. The van der Waals surface area contributed by atoms with Crippen LogP contribution in [0.5, 0.6) is 0 Å². The molecule has 1 saturated heterocycles. The van der Waals surface area contributed by atoms with Crippen LogP contribution in [0, 0.1) is 0 Å². The molecule has 1 rings (SSSR count). The van der Waals surface area contributed by atoms with E-state index in [4.69, 9.17) is 0 Å². The quantitative estimate of drug-likeness (QED) is 0.611. The van der Waals surface area contributed by atoms with Crippen molar-refractivity contribution in [3.63, 3.8) is 0 Å². The maximum atomic E-state index is 12.4. The molecule has 0 radical (unpaired) electrons. The molecule has 2 nitrogen and oxygen atoms in total. The van der Waals surface area contributed by atoms with Gasteiger partial charge in [-0.3, -0.25) is 0 Å². The second-order valence-electron chi connectivity index (χ2n) is 2.30. The highest BCUT2D eigenvalue weighted by molar-refractivity contribution is 5.22. The molecule has 0 saturated carbocycles. The lowest BCUT2D eigenvalue weighted by atomic mass is 10.3. The monoisotopic (exact) mass is 176 g/mol. The molecule has 0 amide bonds. The van der Waals surface area contributed by atoms with E-state index in [1.807, 2.05) is 6.92 Å². The van der Waals surface area contributed by atoms with Gasteiger partial charge in [0.05, 0.1) is 0 Å². The van der Waals surface area contributed by atoms with Gasteiger partial charge in [-0.2, -0.15) is 0 Å². The van der Waals surface area contributed by atoms with Crippen molar-refractivity contribution in [2.24, 2.45) is 0 Å². The summed E-state index contributed by atoms with van der Waals surface area (Å²) < 4.78 is 33.3. The number of hydrogen-bond donors (Lipinski definition) is 0. The van der Waals surface area contributed by atoms with Crippen LogP contribution in [0.1, 0.15) is 20.3 Å². The van der Waals surface area contributed by atoms with Crippen molar-refractivity contribution in [3.05, 3.63) is 23.7 Å². The molecule has 0 spiro atoms. The van der Waals surface area contributed by atoms with E-state index in [1.54, 1.807) is 13.0 Å². The van der Waals surface area contributed by atoms with Gasteiger partial charge < -0.3 is 9.47 Å². The van der Waals surface area contributed by atoms with Crippen molar-refractivity contribution in [1.29, 1.82) is 0 Å². The predicted octanol–water partition coefficient (Wildman–Crippen LogP) is 2.78. The number of rotatable bonds is 1. The molecule has 0 unspecified atom stereocenters. The van der Waals surface area contributed by atoms with Crippen LogP contribution in [0.2, 0.25) is 0 Å². The van der Waals surface area contributed by atoms with Crippen LogP contribution in [-0.4, -0.2) is 6.29 Å². The number of hydrogen-bond acceptors (Lipinski definition) is 2. The van der Waals surface area contributed by atoms with Crippen molar-refractivity contribution >= 4 is 0 Å². The van der Waals surface area contributed by atoms with Crippen LogP contribution in [0.15, 0.2) is 23.7 Å². The SMILES string of the molecule is C/C=C1/OC(F)(F)O/C1=C/CC. The number of allylic oxidation sites excluding steroid dienone is 2. The lowest BCUT2D eigenvalue weighted by Gasteiger charge is -2.03. The molecule has 0 atom stereocenters. The number of alkyl halides is 2. The van der Waals surface area contributed by atoms with Crippen molar-refractivity contribution in [3.8, 4) is 0 Å². The van der Waals surface area contributed by atoms with Gasteiger partial charge in [0, 0.05) is 0 Å². The van der Waals surface area contributed by atoms with Gasteiger partial charge in [0.1, 0.15) is 0 Å². The third-order valence-corrected chi connectivity index (χ3v) is 1.35. The van der Waals surface area contributed by atoms with Crippen LogP contribution in [0.4, 0.5) is 8.78 Å². The molecular formula is C8H10F2O2. The van der Waals surface area contributed by atoms with Crippen molar-refractivity contribution < 1.29 is 18.3 Å². The minimum atomic E-state index is -3.50. The van der Waals surface area contributed by atoms with E-state index in [-0.39, 0.29) is 11.5 Å². The molecule has 0 aromatic carbocycles. The Morgan fingerprint density at radius 1 is 1.33 bits per heavy atom. The molecule has 0 aromatic rings. The first kappa shape index (κ1) is 9.03. The Labute approximate surface area is 69.5 Å². The highest BCUT2D eigenvalue weighted by atomic mass is 19.3. The van der Waals surface area contributed by atoms with Crippen LogP contribution in [0.3, 0.4) is 0 Å². The molecule has 1 aliphatic heterocycles. The average molecular weight is 176 g/mol. The van der Waals surface area contributed by atoms with Gasteiger partial charge in [0.15, 0.2) is 11.5 Å². The molecule has 1 fully saturated rings. The van der Waals surface area contributed by atoms with E-state index in [0.717, 1.165) is 0 Å². The minimum absolute atomic E-state index is 0.0989. The minimum Gasteiger partial charge on any atom is -0.396 e. The molecule has 1 heterocycles. The van der Waals surface area contributed by atoms with E-state index >= 15 is 0 Å². The second kappa shape index (κ2) is 3.13. The summed E-state index contributed by atoms with van der Waals surface area (Å²) in [5.41, 5.74) is 0. The van der Waals surface area contributed by atoms with Gasteiger partial charge in [-0.15, -0.1) is 8.78 Å². The van der Waals surface area contributed by atoms with Gasteiger partial charge in [-0.1, -0.05) is 6.92 Å². The van der Waals surface area contributed by atoms with Gasteiger partial charge in [0.2, 0.25) is 0 Å². The highest BCUT2D eigenvalue weighted by Gasteiger charge is 2.44. The fourth-order valence-electron chi connectivity index (χ4n) is 0.906. The maximum Gasteiger partial charge on any atom is 0.586 e. The summed E-state index contributed by atoms with van der Waals surface area (Å²) >= 11 is 0. The summed E-state index contributed by atoms with van der Waals surface area (Å²) in [6.07, 6.45) is 0.133. The van der Waals surface area contributed by atoms with Gasteiger partial charge in [-0.25, -0.2) is 0 Å². The fourth-order valence-corrected chi connectivity index (χ4v) is 0.906. The highest BCUT2D eigenvalue weighted by Crippen LogP contribution is 2.36. The summed E-state index contributed by atoms with van der Waals surface area (Å²) in [6.45, 7) is 3.45. The molecule has 1 aliphatic rings. The summed E-state index contributed by atoms with van der Waals surface area (Å²) in [5, 5.41) is 0. The Kier molecular flexibility index (Phi) is 2.35. The lowest BCUT2D eigenvalue weighted by Crippen LogP contribution is -2.14. The second-order valence-corrected chi connectivity index (χ2v) is 2.30. The summed E-state index contributed by atoms with van der Waals surface area (Å²) in [5.74, 6) is 0.215. The predicted molar refractivity (Wildman–Crippen MR) is 39.2 cm³/mol. The Hall–Kier alpha value is -1.06. The Balaban J connectivity index is 2.84. The Morgan fingerprint density at radius 2 is 1.92 bits per heavy atom. The molecular weight excluding hydrogens is 166 g/mol.